The third-order valence-corrected chi connectivity index (χ3v) is 4.09. The van der Waals surface area contributed by atoms with Gasteiger partial charge in [-0.15, -0.1) is 17.5 Å². The molecule has 3 rings (SSSR count). The summed E-state index contributed by atoms with van der Waals surface area (Å²) in [6.45, 7) is 1.76. The number of nitrogens with zero attached hydrogens (tertiary/aromatic N) is 2. The first-order valence-electron chi connectivity index (χ1n) is 6.42. The van der Waals surface area contributed by atoms with E-state index in [0.29, 0.717) is 0 Å². The van der Waals surface area contributed by atoms with Crippen LogP contribution in [-0.4, -0.2) is 34.2 Å². The van der Waals surface area contributed by atoms with E-state index in [2.05, 4.69) is 20.7 Å². The maximum Gasteiger partial charge on any atom is 0.451 e. The molecule has 3 N–H and O–H groups in total. The van der Waals surface area contributed by atoms with Gasteiger partial charge in [0.1, 0.15) is 0 Å². The Morgan fingerprint density at radius 1 is 1.33 bits per heavy atom. The van der Waals surface area contributed by atoms with Crippen LogP contribution in [0.1, 0.15) is 25.1 Å². The second-order valence-corrected chi connectivity index (χ2v) is 5.36. The minimum absolute atomic E-state index is 0. The SMILES string of the molecule is Cl.O=C(Nc1n[nH]c(C(F)(F)F)n1)C1CC12CCNCC2. The number of carbonyl (C=O) groups excluding carboxylic acids is 1. The van der Waals surface area contributed by atoms with E-state index >= 15 is 0 Å². The summed E-state index contributed by atoms with van der Waals surface area (Å²) in [5.74, 6) is -1.96. The molecule has 0 bridgehead atoms. The number of aromatic amines is 1. The Balaban J connectivity index is 0.00000161. The highest BCUT2D eigenvalue weighted by Crippen LogP contribution is 2.58. The van der Waals surface area contributed by atoms with Gasteiger partial charge in [0, 0.05) is 5.92 Å². The van der Waals surface area contributed by atoms with Crippen LogP contribution in [0.15, 0.2) is 0 Å². The van der Waals surface area contributed by atoms with Gasteiger partial charge in [-0.3, -0.25) is 15.2 Å². The Labute approximate surface area is 124 Å². The molecule has 1 aliphatic heterocycles. The molecule has 2 aliphatic rings. The second kappa shape index (κ2) is 5.45. The van der Waals surface area contributed by atoms with Crippen LogP contribution >= 0.6 is 12.4 Å². The molecule has 1 aliphatic carbocycles. The zero-order valence-electron chi connectivity index (χ0n) is 11.0. The lowest BCUT2D eigenvalue weighted by atomic mass is 9.92. The van der Waals surface area contributed by atoms with Crippen molar-refractivity contribution in [2.75, 3.05) is 18.4 Å². The fraction of sp³-hybridized carbons (Fsp3) is 0.727. The Bertz CT molecular complexity index is 526. The first-order chi connectivity index (χ1) is 9.41. The van der Waals surface area contributed by atoms with Gasteiger partial charge in [-0.25, -0.2) is 0 Å². The average Bonchev–Trinajstić information content (AvgIpc) is 2.85. The minimum Gasteiger partial charge on any atom is -0.317 e. The van der Waals surface area contributed by atoms with E-state index < -0.39 is 12.0 Å². The molecule has 1 unspecified atom stereocenters. The van der Waals surface area contributed by atoms with Gasteiger partial charge in [0.2, 0.25) is 17.7 Å². The van der Waals surface area contributed by atoms with Crippen LogP contribution in [0.2, 0.25) is 0 Å². The third-order valence-electron chi connectivity index (χ3n) is 4.09. The summed E-state index contributed by atoms with van der Waals surface area (Å²) in [6.07, 6.45) is -1.96. The summed E-state index contributed by atoms with van der Waals surface area (Å²) in [4.78, 5) is 15.2. The van der Waals surface area contributed by atoms with Crippen molar-refractivity contribution in [3.63, 3.8) is 0 Å². The van der Waals surface area contributed by atoms with Crippen LogP contribution in [0.5, 0.6) is 0 Å². The summed E-state index contributed by atoms with van der Waals surface area (Å²) in [6, 6.07) is 0. The van der Waals surface area contributed by atoms with Crippen LogP contribution in [0.4, 0.5) is 19.1 Å². The standard InChI is InChI=1S/C11H14F3N5O.ClH/c12-11(13,14)8-17-9(19-18-8)16-7(20)6-5-10(6)1-3-15-4-2-10;/h6,15H,1-5H2,(H2,16,17,18,19,20);1H. The zero-order chi connectivity index (χ0) is 14.4. The van der Waals surface area contributed by atoms with E-state index in [-0.39, 0.29) is 35.6 Å². The predicted octanol–water partition coefficient (Wildman–Crippen LogP) is 1.57. The van der Waals surface area contributed by atoms with Gasteiger partial charge in [-0.2, -0.15) is 18.2 Å². The Morgan fingerprint density at radius 2 is 2.00 bits per heavy atom. The molecular formula is C11H15ClF3N5O. The molecule has 118 valence electrons. The lowest BCUT2D eigenvalue weighted by molar-refractivity contribution is -0.144. The number of rotatable bonds is 2. The number of alkyl halides is 3. The van der Waals surface area contributed by atoms with E-state index in [9.17, 15) is 18.0 Å². The van der Waals surface area contributed by atoms with Crippen molar-refractivity contribution in [2.45, 2.75) is 25.4 Å². The van der Waals surface area contributed by atoms with E-state index in [4.69, 9.17) is 0 Å². The van der Waals surface area contributed by atoms with E-state index in [0.717, 1.165) is 32.4 Å². The van der Waals surface area contributed by atoms with Crippen LogP contribution < -0.4 is 10.6 Å². The first kappa shape index (κ1) is 16.0. The number of H-pyrrole nitrogens is 1. The fourth-order valence-electron chi connectivity index (χ4n) is 2.84. The molecule has 1 atom stereocenters. The molecule has 21 heavy (non-hydrogen) atoms. The summed E-state index contributed by atoms with van der Waals surface area (Å²) in [5, 5.41) is 10.7. The quantitative estimate of drug-likeness (QED) is 0.771. The van der Waals surface area contributed by atoms with Crippen molar-refractivity contribution < 1.29 is 18.0 Å². The maximum absolute atomic E-state index is 12.3. The van der Waals surface area contributed by atoms with Crippen molar-refractivity contribution in [3.05, 3.63) is 5.82 Å². The number of aromatic nitrogens is 3. The molecule has 6 nitrogen and oxygen atoms in total. The minimum atomic E-state index is -4.59. The third kappa shape index (κ3) is 3.13. The number of nitrogens with one attached hydrogen (secondary N) is 3. The van der Waals surface area contributed by atoms with Gasteiger partial charge in [-0.1, -0.05) is 0 Å². The zero-order valence-corrected chi connectivity index (χ0v) is 11.8. The Kier molecular flexibility index (Phi) is 4.16. The maximum atomic E-state index is 12.3. The number of hydrogen-bond donors (Lipinski definition) is 3. The lowest BCUT2D eigenvalue weighted by Crippen LogP contribution is -2.31. The average molecular weight is 326 g/mol. The van der Waals surface area contributed by atoms with E-state index in [1.807, 2.05) is 0 Å². The molecule has 2 heterocycles. The molecule has 1 aromatic heterocycles. The van der Waals surface area contributed by atoms with Crippen LogP contribution in [0.3, 0.4) is 0 Å². The van der Waals surface area contributed by atoms with Crippen LogP contribution in [0.25, 0.3) is 0 Å². The van der Waals surface area contributed by atoms with Gasteiger partial charge in [-0.05, 0) is 37.8 Å². The highest BCUT2D eigenvalue weighted by atomic mass is 35.5. The normalized spacial score (nSPS) is 23.5. The number of piperidine rings is 1. The molecule has 10 heteroatoms. The highest BCUT2D eigenvalue weighted by molar-refractivity contribution is 5.93. The van der Waals surface area contributed by atoms with Gasteiger partial charge < -0.3 is 5.32 Å². The second-order valence-electron chi connectivity index (χ2n) is 5.36. The number of amides is 1. The molecule has 0 aromatic carbocycles. The molecular weight excluding hydrogens is 311 g/mol. The van der Waals surface area contributed by atoms with Gasteiger partial charge in [0.25, 0.3) is 0 Å². The molecule has 0 radical (unpaired) electrons. The summed E-state index contributed by atoms with van der Waals surface area (Å²) in [5.41, 5.74) is 0.0263. The topological polar surface area (TPSA) is 82.7 Å². The van der Waals surface area contributed by atoms with Crippen LogP contribution in [0, 0.1) is 11.3 Å². The fourth-order valence-corrected chi connectivity index (χ4v) is 2.84. The van der Waals surface area contributed by atoms with Crippen molar-refractivity contribution >= 4 is 24.3 Å². The molecule has 1 saturated heterocycles. The number of halogens is 4. The molecule has 1 aromatic rings. The van der Waals surface area contributed by atoms with Crippen LogP contribution in [-0.2, 0) is 11.0 Å². The van der Waals surface area contributed by atoms with Crippen molar-refractivity contribution in [3.8, 4) is 0 Å². The largest absolute Gasteiger partial charge is 0.451 e. The van der Waals surface area contributed by atoms with Gasteiger partial charge in [0.15, 0.2) is 0 Å². The lowest BCUT2D eigenvalue weighted by Gasteiger charge is -2.22. The summed E-state index contributed by atoms with van der Waals surface area (Å²) < 4.78 is 37.0. The molecule has 1 spiro atoms. The number of anilines is 1. The summed E-state index contributed by atoms with van der Waals surface area (Å²) >= 11 is 0. The number of carbonyl (C=O) groups is 1. The Hall–Kier alpha value is -1.35. The van der Waals surface area contributed by atoms with Gasteiger partial charge in [0.05, 0.1) is 0 Å². The Morgan fingerprint density at radius 3 is 2.57 bits per heavy atom. The monoisotopic (exact) mass is 325 g/mol. The van der Waals surface area contributed by atoms with Crippen molar-refractivity contribution in [2.24, 2.45) is 11.3 Å². The number of hydrogen-bond acceptors (Lipinski definition) is 4. The highest BCUT2D eigenvalue weighted by Gasteiger charge is 2.57. The first-order valence-corrected chi connectivity index (χ1v) is 6.42. The smallest absolute Gasteiger partial charge is 0.317 e. The van der Waals surface area contributed by atoms with E-state index in [1.165, 1.54) is 0 Å². The molecule has 1 saturated carbocycles. The predicted molar refractivity (Wildman–Crippen MR) is 69.9 cm³/mol. The van der Waals surface area contributed by atoms with Gasteiger partial charge >= 0.3 is 6.18 Å². The van der Waals surface area contributed by atoms with E-state index in [1.54, 1.807) is 5.10 Å². The summed E-state index contributed by atoms with van der Waals surface area (Å²) in [7, 11) is 0. The molecule has 2 fully saturated rings. The van der Waals surface area contributed by atoms with Crippen molar-refractivity contribution in [1.82, 2.24) is 20.5 Å². The molecule has 1 amide bonds. The van der Waals surface area contributed by atoms with Crippen molar-refractivity contribution in [1.29, 1.82) is 0 Å².